The molecule has 1 aliphatic rings. The molecule has 1 aromatic heterocycles. The van der Waals surface area contributed by atoms with Gasteiger partial charge < -0.3 is 9.84 Å². The van der Waals surface area contributed by atoms with E-state index in [0.29, 0.717) is 0 Å². The van der Waals surface area contributed by atoms with E-state index >= 15 is 0 Å². The van der Waals surface area contributed by atoms with Crippen molar-refractivity contribution in [2.24, 2.45) is 5.92 Å². The summed E-state index contributed by atoms with van der Waals surface area (Å²) in [5.74, 6) is 0.174. The molecular weight excluding hydrogens is 226 g/mol. The molecule has 3 heteroatoms. The van der Waals surface area contributed by atoms with E-state index in [9.17, 15) is 5.11 Å². The number of aliphatic hydroxyl groups excluding tert-OH is 1. The molecule has 2 unspecified atom stereocenters. The molecule has 0 aliphatic carbocycles. The molecule has 0 saturated carbocycles. The lowest BCUT2D eigenvalue weighted by Crippen LogP contribution is -2.25. The van der Waals surface area contributed by atoms with Gasteiger partial charge in [0.1, 0.15) is 6.10 Å². The Hall–Kier alpha value is -1.45. The fourth-order valence-corrected chi connectivity index (χ4v) is 2.60. The first-order valence-corrected chi connectivity index (χ1v) is 6.46. The minimum Gasteiger partial charge on any atom is -0.396 e. The van der Waals surface area contributed by atoms with Gasteiger partial charge in [-0.2, -0.15) is 0 Å². The highest BCUT2D eigenvalue weighted by molar-refractivity contribution is 5.78. The number of pyridine rings is 1. The molecule has 3 nitrogen and oxygen atoms in total. The van der Waals surface area contributed by atoms with Crippen LogP contribution in [0.25, 0.3) is 10.9 Å². The van der Waals surface area contributed by atoms with E-state index < -0.39 is 0 Å². The molecule has 1 N–H and O–H groups in total. The Morgan fingerprint density at radius 1 is 1.22 bits per heavy atom. The van der Waals surface area contributed by atoms with E-state index in [4.69, 9.17) is 4.74 Å². The fraction of sp³-hybridized carbons (Fsp3) is 0.400. The van der Waals surface area contributed by atoms with Crippen LogP contribution in [0.3, 0.4) is 0 Å². The molecule has 2 aromatic rings. The monoisotopic (exact) mass is 243 g/mol. The second kappa shape index (κ2) is 5.04. The smallest absolute Gasteiger partial charge is 0.104 e. The zero-order valence-electron chi connectivity index (χ0n) is 10.2. The molecule has 1 aromatic carbocycles. The molecule has 18 heavy (non-hydrogen) atoms. The number of aromatic nitrogens is 1. The van der Waals surface area contributed by atoms with Crippen LogP contribution in [-0.2, 0) is 4.74 Å². The lowest BCUT2D eigenvalue weighted by Gasteiger charge is -2.30. The first-order valence-electron chi connectivity index (χ1n) is 6.46. The summed E-state index contributed by atoms with van der Waals surface area (Å²) in [7, 11) is 0. The largest absolute Gasteiger partial charge is 0.396 e. The second-order valence-electron chi connectivity index (χ2n) is 4.81. The molecule has 1 fully saturated rings. The molecule has 1 aliphatic heterocycles. The van der Waals surface area contributed by atoms with Crippen molar-refractivity contribution >= 4 is 10.9 Å². The van der Waals surface area contributed by atoms with Crippen LogP contribution in [0.15, 0.2) is 36.4 Å². The van der Waals surface area contributed by atoms with Gasteiger partial charge in [0.25, 0.3) is 0 Å². The molecule has 2 atom stereocenters. The number of hydrogen-bond donors (Lipinski definition) is 1. The molecule has 0 bridgehead atoms. The van der Waals surface area contributed by atoms with E-state index in [-0.39, 0.29) is 18.6 Å². The number of rotatable bonds is 2. The van der Waals surface area contributed by atoms with Gasteiger partial charge in [0, 0.05) is 24.5 Å². The third-order valence-electron chi connectivity index (χ3n) is 3.59. The summed E-state index contributed by atoms with van der Waals surface area (Å²) >= 11 is 0. The molecule has 0 radical (unpaired) electrons. The van der Waals surface area contributed by atoms with Crippen molar-refractivity contribution in [3.05, 3.63) is 42.1 Å². The summed E-state index contributed by atoms with van der Waals surface area (Å²) in [4.78, 5) is 4.66. The summed E-state index contributed by atoms with van der Waals surface area (Å²) in [6, 6.07) is 12.2. The van der Waals surface area contributed by atoms with E-state index in [1.807, 2.05) is 24.3 Å². The molecule has 2 heterocycles. The number of aliphatic hydroxyl groups is 1. The maximum atomic E-state index is 9.43. The molecule has 94 valence electrons. The Labute approximate surface area is 106 Å². The van der Waals surface area contributed by atoms with Crippen LogP contribution >= 0.6 is 0 Å². The number of fused-ring (bicyclic) bond motifs is 1. The van der Waals surface area contributed by atoms with Gasteiger partial charge in [-0.25, -0.2) is 0 Å². The van der Waals surface area contributed by atoms with Crippen LogP contribution in [0.4, 0.5) is 0 Å². The van der Waals surface area contributed by atoms with Gasteiger partial charge in [0.2, 0.25) is 0 Å². The zero-order valence-corrected chi connectivity index (χ0v) is 10.2. The summed E-state index contributed by atoms with van der Waals surface area (Å²) in [6.45, 7) is 0.925. The summed E-state index contributed by atoms with van der Waals surface area (Å²) < 4.78 is 5.79. The highest BCUT2D eigenvalue weighted by Gasteiger charge is 2.27. The van der Waals surface area contributed by atoms with Crippen molar-refractivity contribution in [2.75, 3.05) is 13.2 Å². The third kappa shape index (κ3) is 2.11. The van der Waals surface area contributed by atoms with E-state index in [0.717, 1.165) is 36.0 Å². The number of benzene rings is 1. The van der Waals surface area contributed by atoms with Crippen LogP contribution in [0.5, 0.6) is 0 Å². The van der Waals surface area contributed by atoms with Crippen molar-refractivity contribution in [3.8, 4) is 0 Å². The van der Waals surface area contributed by atoms with Crippen LogP contribution in [-0.4, -0.2) is 23.3 Å². The van der Waals surface area contributed by atoms with Gasteiger partial charge in [-0.1, -0.05) is 24.3 Å². The topological polar surface area (TPSA) is 42.4 Å². The Morgan fingerprint density at radius 3 is 3.00 bits per heavy atom. The number of hydrogen-bond acceptors (Lipinski definition) is 3. The lowest BCUT2D eigenvalue weighted by atomic mass is 9.92. The van der Waals surface area contributed by atoms with Crippen molar-refractivity contribution < 1.29 is 9.84 Å². The lowest BCUT2D eigenvalue weighted by molar-refractivity contribution is -0.0478. The molecule has 0 amide bonds. The third-order valence-corrected chi connectivity index (χ3v) is 3.59. The van der Waals surface area contributed by atoms with Crippen molar-refractivity contribution in [1.82, 2.24) is 4.98 Å². The molecule has 3 rings (SSSR count). The van der Waals surface area contributed by atoms with Gasteiger partial charge in [-0.3, -0.25) is 4.98 Å². The Kier molecular flexibility index (Phi) is 3.26. The van der Waals surface area contributed by atoms with Crippen molar-refractivity contribution in [1.29, 1.82) is 0 Å². The van der Waals surface area contributed by atoms with E-state index in [1.54, 1.807) is 0 Å². The Morgan fingerprint density at radius 2 is 2.11 bits per heavy atom. The zero-order chi connectivity index (χ0) is 12.4. The first-order chi connectivity index (χ1) is 8.88. The fourth-order valence-electron chi connectivity index (χ4n) is 2.60. The van der Waals surface area contributed by atoms with E-state index in [2.05, 4.69) is 17.1 Å². The van der Waals surface area contributed by atoms with Gasteiger partial charge in [0.05, 0.1) is 11.2 Å². The van der Waals surface area contributed by atoms with Gasteiger partial charge in [-0.15, -0.1) is 0 Å². The van der Waals surface area contributed by atoms with Crippen LogP contribution in [0, 0.1) is 5.92 Å². The van der Waals surface area contributed by atoms with Crippen LogP contribution in [0.1, 0.15) is 24.6 Å². The highest BCUT2D eigenvalue weighted by Crippen LogP contribution is 2.32. The molecular formula is C15H17NO2. The van der Waals surface area contributed by atoms with Crippen LogP contribution in [0.2, 0.25) is 0 Å². The van der Waals surface area contributed by atoms with Crippen molar-refractivity contribution in [2.45, 2.75) is 18.9 Å². The van der Waals surface area contributed by atoms with Gasteiger partial charge in [0.15, 0.2) is 0 Å². The Balaban J connectivity index is 1.97. The predicted molar refractivity (Wildman–Crippen MR) is 70.2 cm³/mol. The molecule has 0 spiro atoms. The summed E-state index contributed by atoms with van der Waals surface area (Å²) in [5.41, 5.74) is 1.92. The number of ether oxygens (including phenoxy) is 1. The number of para-hydroxylation sites is 1. The van der Waals surface area contributed by atoms with Gasteiger partial charge >= 0.3 is 0 Å². The summed E-state index contributed by atoms with van der Waals surface area (Å²) in [5, 5.41) is 10.6. The SMILES string of the molecule is OCC1CCCOC1c1ccc2ccccc2n1. The quantitative estimate of drug-likeness (QED) is 0.881. The maximum absolute atomic E-state index is 9.43. The normalized spacial score (nSPS) is 24.3. The van der Waals surface area contributed by atoms with Gasteiger partial charge in [-0.05, 0) is 25.0 Å². The minimum absolute atomic E-state index is 0.0617. The molecule has 1 saturated heterocycles. The number of nitrogens with zero attached hydrogens (tertiary/aromatic N) is 1. The minimum atomic E-state index is -0.0617. The predicted octanol–water partition coefficient (Wildman–Crippen LogP) is 2.69. The summed E-state index contributed by atoms with van der Waals surface area (Å²) in [6.07, 6.45) is 1.97. The average molecular weight is 243 g/mol. The Bertz CT molecular complexity index is 541. The van der Waals surface area contributed by atoms with Crippen LogP contribution < -0.4 is 0 Å². The maximum Gasteiger partial charge on any atom is 0.104 e. The van der Waals surface area contributed by atoms with Crippen molar-refractivity contribution in [3.63, 3.8) is 0 Å². The standard InChI is InChI=1S/C15H17NO2/c17-10-12-5-3-9-18-15(12)14-8-7-11-4-1-2-6-13(11)16-14/h1-2,4,6-8,12,15,17H,3,5,9-10H2. The first kappa shape index (κ1) is 11.6. The van der Waals surface area contributed by atoms with E-state index in [1.165, 1.54) is 0 Å². The average Bonchev–Trinajstić information content (AvgIpc) is 2.46. The highest BCUT2D eigenvalue weighted by atomic mass is 16.5. The second-order valence-corrected chi connectivity index (χ2v) is 4.81.